The second kappa shape index (κ2) is 11.0. The van der Waals surface area contributed by atoms with E-state index >= 15 is 0 Å². The van der Waals surface area contributed by atoms with Gasteiger partial charge in [-0.2, -0.15) is 9.57 Å². The van der Waals surface area contributed by atoms with E-state index in [4.69, 9.17) is 23.2 Å². The fraction of sp³-hybridized carbons (Fsp3) is 0.409. The lowest BCUT2D eigenvalue weighted by Crippen LogP contribution is -2.51. The highest BCUT2D eigenvalue weighted by atomic mass is 35.5. The summed E-state index contributed by atoms with van der Waals surface area (Å²) in [6.45, 7) is 2.41. The highest BCUT2D eigenvalue weighted by molar-refractivity contribution is 8.00. The molecular weight excluding hydrogens is 509 g/mol. The minimum absolute atomic E-state index is 0. The summed E-state index contributed by atoms with van der Waals surface area (Å²) in [6.07, 6.45) is 4.94. The van der Waals surface area contributed by atoms with Gasteiger partial charge >= 0.3 is 0 Å². The SMILES string of the molecule is Cl.N#Cc1ccc(Sc2cc(Cl)cc(Cl)c2)c(S(=O)(=O)N2CCN(C3CCCC3)CC2)c1. The van der Waals surface area contributed by atoms with Gasteiger partial charge in [0.25, 0.3) is 0 Å². The van der Waals surface area contributed by atoms with E-state index in [9.17, 15) is 13.7 Å². The van der Waals surface area contributed by atoms with Crippen molar-refractivity contribution >= 4 is 57.4 Å². The van der Waals surface area contributed by atoms with Gasteiger partial charge in [0, 0.05) is 52.1 Å². The molecule has 4 rings (SSSR count). The summed E-state index contributed by atoms with van der Waals surface area (Å²) < 4.78 is 28.7. The number of sulfonamides is 1. The van der Waals surface area contributed by atoms with Crippen molar-refractivity contribution < 1.29 is 8.42 Å². The second-order valence-corrected chi connectivity index (χ2v) is 11.8. The molecule has 1 heterocycles. The molecule has 1 saturated carbocycles. The van der Waals surface area contributed by atoms with E-state index < -0.39 is 10.0 Å². The summed E-state index contributed by atoms with van der Waals surface area (Å²) in [4.78, 5) is 3.87. The predicted molar refractivity (Wildman–Crippen MR) is 132 cm³/mol. The molecule has 5 nitrogen and oxygen atoms in total. The number of hydrogen-bond donors (Lipinski definition) is 0. The number of halogens is 3. The molecule has 1 aliphatic carbocycles. The average molecular weight is 533 g/mol. The maximum absolute atomic E-state index is 13.6. The molecule has 2 aliphatic rings. The largest absolute Gasteiger partial charge is 0.298 e. The molecule has 0 unspecified atom stereocenters. The molecule has 0 spiro atoms. The first-order chi connectivity index (χ1) is 14.9. The van der Waals surface area contributed by atoms with Crippen LogP contribution >= 0.6 is 47.4 Å². The quantitative estimate of drug-likeness (QED) is 0.495. The summed E-state index contributed by atoms with van der Waals surface area (Å²) >= 11 is 13.5. The molecule has 1 saturated heterocycles. The zero-order valence-corrected chi connectivity index (χ0v) is 21.3. The van der Waals surface area contributed by atoms with Crippen molar-refractivity contribution in [2.24, 2.45) is 0 Å². The first kappa shape index (κ1) is 25.6. The molecule has 172 valence electrons. The van der Waals surface area contributed by atoms with Crippen LogP contribution in [0, 0.1) is 11.3 Å². The molecule has 2 fully saturated rings. The number of benzene rings is 2. The molecule has 0 N–H and O–H groups in total. The molecule has 1 aliphatic heterocycles. The van der Waals surface area contributed by atoms with E-state index in [0.717, 1.165) is 18.0 Å². The zero-order chi connectivity index (χ0) is 22.0. The summed E-state index contributed by atoms with van der Waals surface area (Å²) in [6, 6.07) is 12.5. The Morgan fingerprint density at radius 3 is 2.19 bits per heavy atom. The van der Waals surface area contributed by atoms with Crippen molar-refractivity contribution in [1.82, 2.24) is 9.21 Å². The third-order valence-electron chi connectivity index (χ3n) is 5.87. The van der Waals surface area contributed by atoms with Crippen molar-refractivity contribution in [3.63, 3.8) is 0 Å². The standard InChI is InChI=1S/C22H23Cl2N3O2S2.ClH/c23-17-12-18(24)14-20(13-17)30-21-6-5-16(15-25)11-22(21)31(28,29)27-9-7-26(8-10-27)19-3-1-2-4-19;/h5-6,11-14,19H,1-4,7-10H2;1H. The van der Waals surface area contributed by atoms with E-state index in [0.29, 0.717) is 39.6 Å². The molecule has 0 atom stereocenters. The molecule has 0 radical (unpaired) electrons. The summed E-state index contributed by atoms with van der Waals surface area (Å²) in [5.41, 5.74) is 0.316. The van der Waals surface area contributed by atoms with Crippen LogP contribution in [0.1, 0.15) is 31.2 Å². The third kappa shape index (κ3) is 5.74. The van der Waals surface area contributed by atoms with Crippen LogP contribution < -0.4 is 0 Å². The lowest BCUT2D eigenvalue weighted by Gasteiger charge is -2.37. The Labute approximate surface area is 210 Å². The predicted octanol–water partition coefficient (Wildman–Crippen LogP) is 5.69. The van der Waals surface area contributed by atoms with Gasteiger partial charge in [0.1, 0.15) is 0 Å². The molecule has 0 bridgehead atoms. The number of nitrogens with zero attached hydrogens (tertiary/aromatic N) is 3. The van der Waals surface area contributed by atoms with E-state index in [-0.39, 0.29) is 17.3 Å². The summed E-state index contributed by atoms with van der Waals surface area (Å²) in [5.74, 6) is 0. The van der Waals surface area contributed by atoms with Gasteiger partial charge in [-0.3, -0.25) is 4.90 Å². The van der Waals surface area contributed by atoms with Gasteiger partial charge in [-0.1, -0.05) is 47.8 Å². The fourth-order valence-electron chi connectivity index (χ4n) is 4.30. The monoisotopic (exact) mass is 531 g/mol. The lowest BCUT2D eigenvalue weighted by atomic mass is 10.2. The fourth-order valence-corrected chi connectivity index (χ4v) is 7.83. The van der Waals surface area contributed by atoms with E-state index in [1.165, 1.54) is 43.5 Å². The molecule has 0 amide bonds. The summed E-state index contributed by atoms with van der Waals surface area (Å²) in [5, 5.41) is 10.3. The van der Waals surface area contributed by atoms with Crippen molar-refractivity contribution in [3.8, 4) is 6.07 Å². The molecular formula is C22H24Cl3N3O2S2. The van der Waals surface area contributed by atoms with Gasteiger partial charge in [-0.25, -0.2) is 8.42 Å². The van der Waals surface area contributed by atoms with Crippen LogP contribution in [0.2, 0.25) is 10.0 Å². The normalized spacial score (nSPS) is 18.3. The van der Waals surface area contributed by atoms with Gasteiger partial charge in [0.05, 0.1) is 16.5 Å². The topological polar surface area (TPSA) is 64.4 Å². The van der Waals surface area contributed by atoms with Gasteiger partial charge in [-0.05, 0) is 49.2 Å². The Bertz CT molecular complexity index is 1090. The van der Waals surface area contributed by atoms with Crippen LogP contribution in [0.25, 0.3) is 0 Å². The van der Waals surface area contributed by atoms with Crippen LogP contribution in [-0.2, 0) is 10.0 Å². The van der Waals surface area contributed by atoms with E-state index in [1.54, 1.807) is 34.6 Å². The van der Waals surface area contributed by atoms with Gasteiger partial charge in [0.15, 0.2) is 0 Å². The molecule has 2 aromatic rings. The van der Waals surface area contributed by atoms with Gasteiger partial charge < -0.3 is 0 Å². The van der Waals surface area contributed by atoms with E-state index in [1.807, 2.05) is 0 Å². The summed E-state index contributed by atoms with van der Waals surface area (Å²) in [7, 11) is -3.74. The Balaban J connectivity index is 0.00000289. The van der Waals surface area contributed by atoms with Crippen LogP contribution in [0.5, 0.6) is 0 Å². The van der Waals surface area contributed by atoms with Gasteiger partial charge in [0.2, 0.25) is 10.0 Å². The highest BCUT2D eigenvalue weighted by Crippen LogP contribution is 2.37. The number of nitriles is 1. The van der Waals surface area contributed by atoms with Crippen LogP contribution in [0.15, 0.2) is 51.1 Å². The maximum Gasteiger partial charge on any atom is 0.244 e. The minimum Gasteiger partial charge on any atom is -0.298 e. The number of hydrogen-bond acceptors (Lipinski definition) is 5. The minimum atomic E-state index is -3.74. The Kier molecular flexibility index (Phi) is 8.78. The molecule has 0 aromatic heterocycles. The molecule has 2 aromatic carbocycles. The van der Waals surface area contributed by atoms with Crippen molar-refractivity contribution in [1.29, 1.82) is 5.26 Å². The van der Waals surface area contributed by atoms with Crippen molar-refractivity contribution in [2.75, 3.05) is 26.2 Å². The van der Waals surface area contributed by atoms with Crippen LogP contribution in [0.3, 0.4) is 0 Å². The first-order valence-corrected chi connectivity index (χ1v) is 13.3. The molecule has 32 heavy (non-hydrogen) atoms. The second-order valence-electron chi connectivity index (χ2n) is 7.86. The maximum atomic E-state index is 13.6. The van der Waals surface area contributed by atoms with Crippen LogP contribution in [-0.4, -0.2) is 49.8 Å². The Hall–Kier alpha value is -0.980. The van der Waals surface area contributed by atoms with Gasteiger partial charge in [-0.15, -0.1) is 12.4 Å². The average Bonchev–Trinajstić information content (AvgIpc) is 3.28. The molecule has 10 heteroatoms. The smallest absolute Gasteiger partial charge is 0.244 e. The number of piperazine rings is 1. The highest BCUT2D eigenvalue weighted by Gasteiger charge is 2.33. The number of rotatable bonds is 5. The van der Waals surface area contributed by atoms with E-state index in [2.05, 4.69) is 11.0 Å². The van der Waals surface area contributed by atoms with Crippen LogP contribution in [0.4, 0.5) is 0 Å². The van der Waals surface area contributed by atoms with Crippen molar-refractivity contribution in [2.45, 2.75) is 46.4 Å². The lowest BCUT2D eigenvalue weighted by molar-refractivity contribution is 0.139. The first-order valence-electron chi connectivity index (χ1n) is 10.3. The Morgan fingerprint density at radius 2 is 1.59 bits per heavy atom. The Morgan fingerprint density at radius 1 is 0.969 bits per heavy atom. The third-order valence-corrected chi connectivity index (χ3v) is 9.42. The zero-order valence-electron chi connectivity index (χ0n) is 17.3. The van der Waals surface area contributed by atoms with Crippen molar-refractivity contribution in [3.05, 3.63) is 52.0 Å².